The van der Waals surface area contributed by atoms with E-state index < -0.39 is 11.6 Å². The van der Waals surface area contributed by atoms with Gasteiger partial charge in [-0.2, -0.15) is 0 Å². The van der Waals surface area contributed by atoms with Crippen molar-refractivity contribution in [1.82, 2.24) is 20.3 Å². The van der Waals surface area contributed by atoms with Gasteiger partial charge in [-0.25, -0.2) is 13.5 Å². The molecule has 1 N–H and O–H groups in total. The van der Waals surface area contributed by atoms with Gasteiger partial charge in [-0.1, -0.05) is 18.2 Å². The first-order valence-corrected chi connectivity index (χ1v) is 5.78. The van der Waals surface area contributed by atoms with Gasteiger partial charge in [0, 0.05) is 6.54 Å². The van der Waals surface area contributed by atoms with Gasteiger partial charge in [0.2, 0.25) is 0 Å². The maximum Gasteiger partial charge on any atom is 0.184 e. The number of benzene rings is 1. The molecule has 0 saturated carbocycles. The second-order valence-corrected chi connectivity index (χ2v) is 3.89. The van der Waals surface area contributed by atoms with E-state index in [1.807, 2.05) is 0 Å². The molecule has 0 aliphatic heterocycles. The molecule has 0 spiro atoms. The highest BCUT2D eigenvalue weighted by molar-refractivity contribution is 5.34. The van der Waals surface area contributed by atoms with Gasteiger partial charge in [0.05, 0.1) is 11.9 Å². The minimum atomic E-state index is -0.917. The van der Waals surface area contributed by atoms with Crippen LogP contribution < -0.4 is 5.32 Å². The highest BCUT2D eigenvalue weighted by Gasteiger charge is 2.13. The van der Waals surface area contributed by atoms with Crippen LogP contribution in [0.5, 0.6) is 0 Å². The Morgan fingerprint density at radius 1 is 1.33 bits per heavy atom. The lowest BCUT2D eigenvalue weighted by atomic mass is 10.3. The van der Waals surface area contributed by atoms with Crippen molar-refractivity contribution in [2.24, 2.45) is 0 Å². The molecule has 0 unspecified atom stereocenters. The largest absolute Gasteiger partial charge is 0.311 e. The molecule has 0 fully saturated rings. The Kier molecular flexibility index (Phi) is 3.99. The Morgan fingerprint density at radius 2 is 2.17 bits per heavy atom. The number of nitrogens with zero attached hydrogens (tertiary/aromatic N) is 3. The fraction of sp³-hybridized carbons (Fsp3) is 0.333. The van der Waals surface area contributed by atoms with Crippen LogP contribution in [0.25, 0.3) is 5.69 Å². The summed E-state index contributed by atoms with van der Waals surface area (Å²) in [6.07, 6.45) is 2.53. The topological polar surface area (TPSA) is 42.7 Å². The molecule has 96 valence electrons. The Labute approximate surface area is 104 Å². The van der Waals surface area contributed by atoms with Crippen molar-refractivity contribution >= 4 is 0 Å². The summed E-state index contributed by atoms with van der Waals surface area (Å²) in [6, 6.07) is 3.99. The average molecular weight is 252 g/mol. The minimum Gasteiger partial charge on any atom is -0.311 e. The van der Waals surface area contributed by atoms with Gasteiger partial charge in [0.1, 0.15) is 5.69 Å². The van der Waals surface area contributed by atoms with E-state index in [9.17, 15) is 8.78 Å². The summed E-state index contributed by atoms with van der Waals surface area (Å²) in [7, 11) is 0. The van der Waals surface area contributed by atoms with Crippen molar-refractivity contribution in [3.63, 3.8) is 0 Å². The number of hydrogen-bond acceptors (Lipinski definition) is 3. The summed E-state index contributed by atoms with van der Waals surface area (Å²) >= 11 is 0. The van der Waals surface area contributed by atoms with Gasteiger partial charge < -0.3 is 5.32 Å². The molecule has 0 aliphatic carbocycles. The number of halogens is 2. The third-order valence-corrected chi connectivity index (χ3v) is 2.51. The minimum absolute atomic E-state index is 0.0702. The van der Waals surface area contributed by atoms with Crippen molar-refractivity contribution in [2.45, 2.75) is 19.9 Å². The van der Waals surface area contributed by atoms with Crippen molar-refractivity contribution in [3.8, 4) is 5.69 Å². The number of aromatic nitrogens is 3. The molecule has 1 aromatic heterocycles. The number of rotatable bonds is 5. The molecule has 18 heavy (non-hydrogen) atoms. The molecule has 0 atom stereocenters. The molecule has 0 radical (unpaired) electrons. The summed E-state index contributed by atoms with van der Waals surface area (Å²) in [5.74, 6) is -1.81. The first kappa shape index (κ1) is 12.6. The quantitative estimate of drug-likeness (QED) is 0.828. The van der Waals surface area contributed by atoms with Gasteiger partial charge in [0.25, 0.3) is 0 Å². The zero-order valence-electron chi connectivity index (χ0n) is 10.0. The molecule has 4 nitrogen and oxygen atoms in total. The zero-order chi connectivity index (χ0) is 13.0. The Bertz CT molecular complexity index is 525. The molecule has 6 heteroatoms. The molecule has 0 amide bonds. The van der Waals surface area contributed by atoms with Crippen molar-refractivity contribution in [1.29, 1.82) is 0 Å². The Hall–Kier alpha value is -1.82. The summed E-state index contributed by atoms with van der Waals surface area (Å²) in [5.41, 5.74) is 0.758. The summed E-state index contributed by atoms with van der Waals surface area (Å²) < 4.78 is 28.1. The van der Waals surface area contributed by atoms with Crippen LogP contribution in [-0.2, 0) is 6.54 Å². The second-order valence-electron chi connectivity index (χ2n) is 3.89. The van der Waals surface area contributed by atoms with Gasteiger partial charge in [-0.05, 0) is 25.1 Å². The lowest BCUT2D eigenvalue weighted by Crippen LogP contribution is -2.17. The van der Waals surface area contributed by atoms with Crippen LogP contribution in [0.4, 0.5) is 8.78 Å². The van der Waals surface area contributed by atoms with E-state index in [0.717, 1.165) is 19.0 Å². The van der Waals surface area contributed by atoms with Gasteiger partial charge in [0.15, 0.2) is 11.6 Å². The summed E-state index contributed by atoms with van der Waals surface area (Å²) in [6.45, 7) is 3.41. The van der Waals surface area contributed by atoms with E-state index in [1.165, 1.54) is 23.0 Å². The smallest absolute Gasteiger partial charge is 0.184 e. The highest BCUT2D eigenvalue weighted by Crippen LogP contribution is 2.16. The van der Waals surface area contributed by atoms with Crippen LogP contribution in [0, 0.1) is 11.6 Å². The van der Waals surface area contributed by atoms with Gasteiger partial charge >= 0.3 is 0 Å². The Balaban J connectivity index is 2.28. The maximum atomic E-state index is 13.6. The molecule has 2 rings (SSSR count). The van der Waals surface area contributed by atoms with Crippen molar-refractivity contribution < 1.29 is 8.78 Å². The predicted octanol–water partition coefficient (Wildman–Crippen LogP) is 2.05. The number of hydrogen-bond donors (Lipinski definition) is 1. The second kappa shape index (κ2) is 5.68. The SMILES string of the molecule is CCCNCc1cnnn1-c1cccc(F)c1F. The predicted molar refractivity (Wildman–Crippen MR) is 63.3 cm³/mol. The van der Waals surface area contributed by atoms with E-state index in [0.29, 0.717) is 12.2 Å². The van der Waals surface area contributed by atoms with Crippen molar-refractivity contribution in [2.75, 3.05) is 6.54 Å². The van der Waals surface area contributed by atoms with Crippen LogP contribution in [-0.4, -0.2) is 21.5 Å². The fourth-order valence-electron chi connectivity index (χ4n) is 1.63. The standard InChI is InChI=1S/C12H14F2N4/c1-2-6-15-7-9-8-16-17-18(9)11-5-3-4-10(13)12(11)14/h3-5,8,15H,2,6-7H2,1H3. The molecule has 2 aromatic rings. The molecular formula is C12H14F2N4. The molecule has 0 bridgehead atoms. The molecular weight excluding hydrogens is 238 g/mol. The summed E-state index contributed by atoms with van der Waals surface area (Å²) in [4.78, 5) is 0. The van der Waals surface area contributed by atoms with Crippen molar-refractivity contribution in [3.05, 3.63) is 41.7 Å². The molecule has 0 saturated heterocycles. The van der Waals surface area contributed by atoms with E-state index in [4.69, 9.17) is 0 Å². The highest BCUT2D eigenvalue weighted by atomic mass is 19.2. The summed E-state index contributed by atoms with van der Waals surface area (Å²) in [5, 5.41) is 10.7. The van der Waals surface area contributed by atoms with Crippen LogP contribution in [0.3, 0.4) is 0 Å². The maximum absolute atomic E-state index is 13.6. The third-order valence-electron chi connectivity index (χ3n) is 2.51. The first-order valence-electron chi connectivity index (χ1n) is 5.78. The lowest BCUT2D eigenvalue weighted by Gasteiger charge is -2.08. The van der Waals surface area contributed by atoms with Crippen LogP contribution in [0.15, 0.2) is 24.4 Å². The average Bonchev–Trinajstić information content (AvgIpc) is 2.81. The van der Waals surface area contributed by atoms with Crippen LogP contribution in [0.2, 0.25) is 0 Å². The van der Waals surface area contributed by atoms with Gasteiger partial charge in [-0.15, -0.1) is 5.10 Å². The van der Waals surface area contributed by atoms with Gasteiger partial charge in [-0.3, -0.25) is 0 Å². The van der Waals surface area contributed by atoms with E-state index in [2.05, 4.69) is 22.6 Å². The first-order chi connectivity index (χ1) is 8.74. The monoisotopic (exact) mass is 252 g/mol. The van der Waals surface area contributed by atoms with E-state index in [1.54, 1.807) is 0 Å². The zero-order valence-corrected chi connectivity index (χ0v) is 10.0. The van der Waals surface area contributed by atoms with Crippen LogP contribution in [0.1, 0.15) is 19.0 Å². The lowest BCUT2D eigenvalue weighted by molar-refractivity contribution is 0.498. The molecule has 1 aromatic carbocycles. The third kappa shape index (κ3) is 2.53. The normalized spacial score (nSPS) is 10.8. The molecule has 0 aliphatic rings. The van der Waals surface area contributed by atoms with E-state index >= 15 is 0 Å². The van der Waals surface area contributed by atoms with Crippen LogP contribution >= 0.6 is 0 Å². The van der Waals surface area contributed by atoms with E-state index in [-0.39, 0.29) is 5.69 Å². The fourth-order valence-corrected chi connectivity index (χ4v) is 1.63. The Morgan fingerprint density at radius 3 is 2.94 bits per heavy atom. The number of nitrogens with one attached hydrogen (secondary N) is 1. The molecule has 1 heterocycles.